The number of rotatable bonds is 4. The predicted octanol–water partition coefficient (Wildman–Crippen LogP) is 1.38. The largest absolute Gasteiger partial charge is 0.387 e. The molecule has 1 aliphatic heterocycles. The van der Waals surface area contributed by atoms with Gasteiger partial charge in [-0.15, -0.1) is 0 Å². The highest BCUT2D eigenvalue weighted by Gasteiger charge is 2.56. The van der Waals surface area contributed by atoms with Crippen LogP contribution < -0.4 is 0 Å². The summed E-state index contributed by atoms with van der Waals surface area (Å²) in [5.41, 5.74) is -1.05. The predicted molar refractivity (Wildman–Crippen MR) is 82.0 cm³/mol. The first-order valence-electron chi connectivity index (χ1n) is 7.78. The van der Waals surface area contributed by atoms with E-state index in [0.29, 0.717) is 44.5 Å². The van der Waals surface area contributed by atoms with Crippen molar-refractivity contribution in [1.82, 2.24) is 9.80 Å². The quantitative estimate of drug-likeness (QED) is 0.914. The Morgan fingerprint density at radius 2 is 2.00 bits per heavy atom. The Hall–Kier alpha value is -1.46. The van der Waals surface area contributed by atoms with E-state index in [2.05, 4.69) is 0 Å². The minimum absolute atomic E-state index is 0.0349. The topological polar surface area (TPSA) is 43.8 Å². The first-order chi connectivity index (χ1) is 10.4. The van der Waals surface area contributed by atoms with Crippen LogP contribution in [-0.4, -0.2) is 60.1 Å². The van der Waals surface area contributed by atoms with Crippen LogP contribution in [0, 0.1) is 5.82 Å². The van der Waals surface area contributed by atoms with E-state index in [1.54, 1.807) is 23.1 Å². The van der Waals surface area contributed by atoms with Crippen LogP contribution in [0.3, 0.4) is 0 Å². The number of carbonyl (C=O) groups is 1. The number of likely N-dealkylation sites (tertiary alicyclic amines) is 1. The van der Waals surface area contributed by atoms with E-state index in [-0.39, 0.29) is 11.7 Å². The van der Waals surface area contributed by atoms with Gasteiger partial charge in [-0.2, -0.15) is 0 Å². The second-order valence-corrected chi connectivity index (χ2v) is 7.00. The molecule has 1 aromatic rings. The number of benzene rings is 1. The molecule has 120 valence electrons. The van der Waals surface area contributed by atoms with Crippen LogP contribution in [0.2, 0.25) is 0 Å². The summed E-state index contributed by atoms with van der Waals surface area (Å²) >= 11 is 0. The number of amides is 1. The summed E-state index contributed by atoms with van der Waals surface area (Å²) in [6.45, 7) is 1.41. The van der Waals surface area contributed by atoms with Crippen molar-refractivity contribution in [3.05, 3.63) is 35.6 Å². The molecule has 1 saturated carbocycles. The maximum Gasteiger partial charge on any atom is 0.233 e. The van der Waals surface area contributed by atoms with Crippen LogP contribution in [0.4, 0.5) is 4.39 Å². The van der Waals surface area contributed by atoms with Crippen LogP contribution in [0.15, 0.2) is 24.3 Å². The van der Waals surface area contributed by atoms with Crippen molar-refractivity contribution < 1.29 is 14.3 Å². The molecule has 0 aromatic heterocycles. The van der Waals surface area contributed by atoms with Gasteiger partial charge in [-0.3, -0.25) is 4.79 Å². The van der Waals surface area contributed by atoms with Crippen molar-refractivity contribution in [2.24, 2.45) is 0 Å². The SMILES string of the molecule is CN(C)C[C@@]1(O)CCN(C(=O)C2(c3ccccc3F)CC2)C1. The van der Waals surface area contributed by atoms with Crippen LogP contribution in [-0.2, 0) is 10.2 Å². The molecule has 1 atom stereocenters. The van der Waals surface area contributed by atoms with Gasteiger partial charge in [0.05, 0.1) is 17.6 Å². The summed E-state index contributed by atoms with van der Waals surface area (Å²) in [7, 11) is 3.81. The second kappa shape index (κ2) is 5.32. The summed E-state index contributed by atoms with van der Waals surface area (Å²) < 4.78 is 14.1. The zero-order valence-electron chi connectivity index (χ0n) is 13.2. The maximum atomic E-state index is 14.1. The highest BCUT2D eigenvalue weighted by atomic mass is 19.1. The molecule has 0 unspecified atom stereocenters. The number of carbonyl (C=O) groups excluding carboxylic acids is 1. The number of likely N-dealkylation sites (N-methyl/N-ethyl adjacent to an activating group) is 1. The van der Waals surface area contributed by atoms with E-state index >= 15 is 0 Å². The van der Waals surface area contributed by atoms with Gasteiger partial charge in [-0.25, -0.2) is 4.39 Å². The number of halogens is 1. The molecular formula is C17H23FN2O2. The van der Waals surface area contributed by atoms with Gasteiger partial charge in [0, 0.05) is 18.7 Å². The molecule has 1 aromatic carbocycles. The first-order valence-corrected chi connectivity index (χ1v) is 7.78. The van der Waals surface area contributed by atoms with E-state index in [9.17, 15) is 14.3 Å². The lowest BCUT2D eigenvalue weighted by Crippen LogP contribution is -2.45. The zero-order valence-corrected chi connectivity index (χ0v) is 13.2. The average Bonchev–Trinajstić information content (AvgIpc) is 3.16. The molecule has 22 heavy (non-hydrogen) atoms. The van der Waals surface area contributed by atoms with E-state index in [4.69, 9.17) is 0 Å². The van der Waals surface area contributed by atoms with Crippen LogP contribution in [0.5, 0.6) is 0 Å². The van der Waals surface area contributed by atoms with E-state index in [1.165, 1.54) is 6.07 Å². The van der Waals surface area contributed by atoms with Crippen molar-refractivity contribution in [1.29, 1.82) is 0 Å². The lowest BCUT2D eigenvalue weighted by molar-refractivity contribution is -0.134. The van der Waals surface area contributed by atoms with E-state index < -0.39 is 11.0 Å². The molecule has 0 spiro atoms. The van der Waals surface area contributed by atoms with Gasteiger partial charge >= 0.3 is 0 Å². The Balaban J connectivity index is 1.77. The van der Waals surface area contributed by atoms with Gasteiger partial charge in [0.25, 0.3) is 0 Å². The van der Waals surface area contributed by atoms with Crippen LogP contribution in [0.25, 0.3) is 0 Å². The Morgan fingerprint density at radius 1 is 1.32 bits per heavy atom. The number of hydrogen-bond acceptors (Lipinski definition) is 3. The first kappa shape index (κ1) is 15.4. The Kier molecular flexibility index (Phi) is 3.73. The third-order valence-electron chi connectivity index (χ3n) is 4.78. The molecule has 3 rings (SSSR count). The summed E-state index contributed by atoms with van der Waals surface area (Å²) in [5.74, 6) is -0.344. The van der Waals surface area contributed by atoms with E-state index in [0.717, 1.165) is 0 Å². The van der Waals surface area contributed by atoms with Crippen molar-refractivity contribution in [3.63, 3.8) is 0 Å². The average molecular weight is 306 g/mol. The van der Waals surface area contributed by atoms with Gasteiger partial charge < -0.3 is 14.9 Å². The smallest absolute Gasteiger partial charge is 0.233 e. The van der Waals surface area contributed by atoms with Crippen molar-refractivity contribution >= 4 is 5.91 Å². The summed E-state index contributed by atoms with van der Waals surface area (Å²) in [6.07, 6.45) is 1.95. The molecule has 2 fully saturated rings. The highest BCUT2D eigenvalue weighted by molar-refractivity contribution is 5.91. The summed E-state index contributed by atoms with van der Waals surface area (Å²) in [4.78, 5) is 16.5. The standard InChI is InChI=1S/C17H23FN2O2/c1-19(2)11-16(22)9-10-20(12-16)15(21)17(7-8-17)13-5-3-4-6-14(13)18/h3-6,22H,7-12H2,1-2H3/t16-/m0/s1. The van der Waals surface area contributed by atoms with Gasteiger partial charge in [0.2, 0.25) is 5.91 Å². The molecule has 4 nitrogen and oxygen atoms in total. The van der Waals surface area contributed by atoms with Crippen LogP contribution in [0.1, 0.15) is 24.8 Å². The molecule has 1 amide bonds. The lowest BCUT2D eigenvalue weighted by Gasteiger charge is -2.28. The normalized spacial score (nSPS) is 26.5. The van der Waals surface area contributed by atoms with Gasteiger partial charge in [-0.05, 0) is 39.4 Å². The molecule has 2 aliphatic rings. The lowest BCUT2D eigenvalue weighted by atomic mass is 9.93. The Bertz CT molecular complexity index is 586. The van der Waals surface area contributed by atoms with Crippen molar-refractivity contribution in [2.45, 2.75) is 30.3 Å². The molecular weight excluding hydrogens is 283 g/mol. The molecule has 1 aliphatic carbocycles. The minimum Gasteiger partial charge on any atom is -0.387 e. The third kappa shape index (κ3) is 2.63. The molecule has 1 saturated heterocycles. The molecule has 1 heterocycles. The fraction of sp³-hybridized carbons (Fsp3) is 0.588. The summed E-state index contributed by atoms with van der Waals surface area (Å²) in [5, 5.41) is 10.6. The Labute approximate surface area is 130 Å². The monoisotopic (exact) mass is 306 g/mol. The highest BCUT2D eigenvalue weighted by Crippen LogP contribution is 2.51. The minimum atomic E-state index is -0.857. The van der Waals surface area contributed by atoms with Gasteiger partial charge in [-0.1, -0.05) is 18.2 Å². The molecule has 0 bridgehead atoms. The fourth-order valence-electron chi connectivity index (χ4n) is 3.62. The van der Waals surface area contributed by atoms with Crippen LogP contribution >= 0.6 is 0 Å². The molecule has 0 radical (unpaired) electrons. The van der Waals surface area contributed by atoms with Gasteiger partial charge in [0.15, 0.2) is 0 Å². The van der Waals surface area contributed by atoms with Crippen molar-refractivity contribution in [2.75, 3.05) is 33.7 Å². The van der Waals surface area contributed by atoms with E-state index in [1.807, 2.05) is 19.0 Å². The fourth-order valence-corrected chi connectivity index (χ4v) is 3.62. The molecule has 5 heteroatoms. The number of hydrogen-bond donors (Lipinski definition) is 1. The summed E-state index contributed by atoms with van der Waals surface area (Å²) in [6, 6.07) is 6.54. The second-order valence-electron chi connectivity index (χ2n) is 7.00. The third-order valence-corrected chi connectivity index (χ3v) is 4.78. The number of aliphatic hydroxyl groups is 1. The number of β-amino-alcohol motifs (C(OH)–C–C–N with tert-alkyl or cyclic N) is 1. The van der Waals surface area contributed by atoms with Gasteiger partial charge in [0.1, 0.15) is 5.82 Å². The van der Waals surface area contributed by atoms with Crippen molar-refractivity contribution in [3.8, 4) is 0 Å². The molecule has 1 N–H and O–H groups in total. The Morgan fingerprint density at radius 3 is 2.59 bits per heavy atom. The number of nitrogens with zero attached hydrogens (tertiary/aromatic N) is 2. The zero-order chi connectivity index (χ0) is 16.0. The maximum absolute atomic E-state index is 14.1.